The molecule has 5 nitrogen and oxygen atoms in total. The highest BCUT2D eigenvalue weighted by Gasteiger charge is 2.26. The van der Waals surface area contributed by atoms with Crippen LogP contribution >= 0.6 is 23.2 Å². The smallest absolute Gasteiger partial charge is 0.142 e. The number of nitrogens with one attached hydrogen (secondary N) is 1. The Bertz CT molecular complexity index is 1340. The number of nitrogens with zero attached hydrogens (tertiary/aromatic N) is 3. The van der Waals surface area contributed by atoms with Gasteiger partial charge in [0.2, 0.25) is 0 Å². The summed E-state index contributed by atoms with van der Waals surface area (Å²) in [5.41, 5.74) is 4.21. The fourth-order valence-electron chi connectivity index (χ4n) is 5.01. The highest BCUT2D eigenvalue weighted by atomic mass is 35.5. The van der Waals surface area contributed by atoms with E-state index in [9.17, 15) is 13.9 Å². The van der Waals surface area contributed by atoms with E-state index in [4.69, 9.17) is 23.2 Å². The molecule has 5 rings (SSSR count). The van der Waals surface area contributed by atoms with Gasteiger partial charge in [-0.1, -0.05) is 23.2 Å². The minimum atomic E-state index is -0.848. The van der Waals surface area contributed by atoms with Gasteiger partial charge in [-0.25, -0.2) is 9.37 Å². The SMILES string of the molecule is Cc1c(-c2cnc3[nH]cc([C@@H](CF)c4c(Cl)ccc(F)c4Cl)c3c2)cnn1C1CCC(O)CC1. The second kappa shape index (κ2) is 9.29. The van der Waals surface area contributed by atoms with Gasteiger partial charge in [-0.15, -0.1) is 0 Å². The van der Waals surface area contributed by atoms with Crippen molar-refractivity contribution in [2.45, 2.75) is 50.7 Å². The van der Waals surface area contributed by atoms with E-state index in [1.165, 1.54) is 12.1 Å². The standard InChI is InChI=1S/C25H24Cl2F2N4O/c1-13-19(12-32-33(13)15-2-4-16(34)5-3-15)14-8-17-20(11-31-25(17)30-10-14)18(9-28)23-21(26)6-7-22(29)24(23)27/h6-8,10-12,15-16,18,34H,2-5,9H2,1H3,(H,30,31)/t15?,16?,18-/m1/s1. The van der Waals surface area contributed by atoms with E-state index in [1.54, 1.807) is 12.4 Å². The van der Waals surface area contributed by atoms with Crippen molar-refractivity contribution in [2.75, 3.05) is 6.67 Å². The van der Waals surface area contributed by atoms with Crippen LogP contribution in [-0.2, 0) is 0 Å². The molecule has 1 saturated carbocycles. The summed E-state index contributed by atoms with van der Waals surface area (Å²) in [5.74, 6) is -1.49. The van der Waals surface area contributed by atoms with Crippen LogP contribution in [0.1, 0.15) is 54.5 Å². The van der Waals surface area contributed by atoms with Crippen LogP contribution in [-0.4, -0.2) is 37.6 Å². The van der Waals surface area contributed by atoms with Crippen molar-refractivity contribution in [3.63, 3.8) is 0 Å². The third kappa shape index (κ3) is 4.00. The highest BCUT2D eigenvalue weighted by molar-refractivity contribution is 6.36. The van der Waals surface area contributed by atoms with Gasteiger partial charge in [-0.2, -0.15) is 5.10 Å². The van der Waals surface area contributed by atoms with E-state index < -0.39 is 18.4 Å². The molecule has 34 heavy (non-hydrogen) atoms. The minimum Gasteiger partial charge on any atom is -0.393 e. The average Bonchev–Trinajstić information content (AvgIpc) is 3.43. The Kier molecular flexibility index (Phi) is 6.35. The van der Waals surface area contributed by atoms with E-state index in [0.29, 0.717) is 16.6 Å². The second-order valence-corrected chi connectivity index (χ2v) is 9.66. The molecule has 178 valence electrons. The van der Waals surface area contributed by atoms with Crippen LogP contribution in [0.15, 0.2) is 36.8 Å². The Morgan fingerprint density at radius 3 is 2.71 bits per heavy atom. The molecule has 1 fully saturated rings. The van der Waals surface area contributed by atoms with Crippen LogP contribution in [0, 0.1) is 12.7 Å². The second-order valence-electron chi connectivity index (χ2n) is 8.88. The lowest BCUT2D eigenvalue weighted by Gasteiger charge is -2.26. The number of aromatic amines is 1. The van der Waals surface area contributed by atoms with Gasteiger partial charge in [-0.05, 0) is 56.4 Å². The maximum absolute atomic E-state index is 14.3. The zero-order chi connectivity index (χ0) is 24.0. The first-order valence-electron chi connectivity index (χ1n) is 11.3. The molecule has 1 aromatic carbocycles. The predicted molar refractivity (Wildman–Crippen MR) is 130 cm³/mol. The van der Waals surface area contributed by atoms with Crippen LogP contribution in [0.2, 0.25) is 10.0 Å². The number of fused-ring (bicyclic) bond motifs is 1. The first kappa shape index (κ1) is 23.3. The van der Waals surface area contributed by atoms with E-state index in [2.05, 4.69) is 15.1 Å². The number of hydrogen-bond acceptors (Lipinski definition) is 3. The monoisotopic (exact) mass is 504 g/mol. The molecule has 0 radical (unpaired) electrons. The molecule has 3 aromatic heterocycles. The number of benzene rings is 1. The summed E-state index contributed by atoms with van der Waals surface area (Å²) in [4.78, 5) is 7.61. The molecular weight excluding hydrogens is 481 g/mol. The lowest BCUT2D eigenvalue weighted by atomic mass is 9.91. The lowest BCUT2D eigenvalue weighted by Crippen LogP contribution is -2.22. The number of halogens is 4. The van der Waals surface area contributed by atoms with Crippen LogP contribution in [0.25, 0.3) is 22.2 Å². The van der Waals surface area contributed by atoms with Gasteiger partial charge in [0.15, 0.2) is 0 Å². The number of pyridine rings is 1. The molecule has 0 aliphatic heterocycles. The average molecular weight is 505 g/mol. The zero-order valence-electron chi connectivity index (χ0n) is 18.5. The maximum Gasteiger partial charge on any atom is 0.142 e. The largest absolute Gasteiger partial charge is 0.393 e. The van der Waals surface area contributed by atoms with E-state index in [0.717, 1.165) is 42.5 Å². The summed E-state index contributed by atoms with van der Waals surface area (Å²) in [7, 11) is 0. The van der Waals surface area contributed by atoms with Crippen molar-refractivity contribution < 1.29 is 13.9 Å². The molecule has 0 amide bonds. The van der Waals surface area contributed by atoms with Gasteiger partial charge in [0.05, 0.1) is 23.4 Å². The van der Waals surface area contributed by atoms with Gasteiger partial charge >= 0.3 is 0 Å². The number of aromatic nitrogens is 4. The van der Waals surface area contributed by atoms with Crippen molar-refractivity contribution in [1.29, 1.82) is 0 Å². The van der Waals surface area contributed by atoms with Gasteiger partial charge < -0.3 is 10.1 Å². The summed E-state index contributed by atoms with van der Waals surface area (Å²) >= 11 is 12.5. The van der Waals surface area contributed by atoms with Crippen molar-refractivity contribution in [2.24, 2.45) is 0 Å². The molecule has 0 spiro atoms. The fraction of sp³-hybridized carbons (Fsp3) is 0.360. The molecule has 0 unspecified atom stereocenters. The quantitative estimate of drug-likeness (QED) is 0.295. The zero-order valence-corrected chi connectivity index (χ0v) is 20.0. The van der Waals surface area contributed by atoms with Gasteiger partial charge in [0, 0.05) is 51.1 Å². The Labute approximate surface area is 205 Å². The number of aliphatic hydroxyl groups excluding tert-OH is 1. The van der Waals surface area contributed by atoms with E-state index >= 15 is 0 Å². The molecule has 0 bridgehead atoms. The summed E-state index contributed by atoms with van der Waals surface area (Å²) in [6, 6.07) is 4.76. The number of H-pyrrole nitrogens is 1. The third-order valence-corrected chi connectivity index (χ3v) is 7.60. The maximum atomic E-state index is 14.3. The summed E-state index contributed by atoms with van der Waals surface area (Å²) in [6.45, 7) is 1.22. The van der Waals surface area contributed by atoms with Crippen LogP contribution in [0.3, 0.4) is 0 Å². The van der Waals surface area contributed by atoms with Crippen molar-refractivity contribution >= 4 is 34.2 Å². The molecule has 1 aliphatic rings. The highest BCUT2D eigenvalue weighted by Crippen LogP contribution is 2.40. The molecule has 9 heteroatoms. The number of hydrogen-bond donors (Lipinski definition) is 2. The number of rotatable bonds is 5. The normalized spacial score (nSPS) is 19.6. The molecule has 2 N–H and O–H groups in total. The van der Waals surface area contributed by atoms with E-state index in [1.807, 2.05) is 23.9 Å². The lowest BCUT2D eigenvalue weighted by molar-refractivity contribution is 0.107. The minimum absolute atomic E-state index is 0.177. The van der Waals surface area contributed by atoms with Crippen molar-refractivity contribution in [3.05, 3.63) is 69.5 Å². The van der Waals surface area contributed by atoms with Crippen LogP contribution < -0.4 is 0 Å². The van der Waals surface area contributed by atoms with Crippen LogP contribution in [0.4, 0.5) is 8.78 Å². The van der Waals surface area contributed by atoms with Crippen molar-refractivity contribution in [3.8, 4) is 11.1 Å². The molecular formula is C25H24Cl2F2N4O. The summed E-state index contributed by atoms with van der Waals surface area (Å²) in [6.07, 6.45) is 8.34. The Hall–Kier alpha value is -2.48. The van der Waals surface area contributed by atoms with Crippen molar-refractivity contribution in [1.82, 2.24) is 19.7 Å². The molecule has 1 atom stereocenters. The fourth-order valence-corrected chi connectivity index (χ4v) is 5.65. The molecule has 4 aromatic rings. The molecule has 3 heterocycles. The Morgan fingerprint density at radius 1 is 1.21 bits per heavy atom. The number of alkyl halides is 1. The summed E-state index contributed by atoms with van der Waals surface area (Å²) in [5, 5.41) is 15.2. The topological polar surface area (TPSA) is 66.7 Å². The van der Waals surface area contributed by atoms with E-state index in [-0.39, 0.29) is 27.8 Å². The summed E-state index contributed by atoms with van der Waals surface area (Å²) < 4.78 is 30.5. The molecule has 1 aliphatic carbocycles. The molecule has 0 saturated heterocycles. The van der Waals surface area contributed by atoms with Gasteiger partial charge in [-0.3, -0.25) is 9.07 Å². The predicted octanol–water partition coefficient (Wildman–Crippen LogP) is 6.76. The Balaban J connectivity index is 1.55. The first-order chi connectivity index (χ1) is 16.4. The van der Waals surface area contributed by atoms with Crippen LogP contribution in [0.5, 0.6) is 0 Å². The first-order valence-corrected chi connectivity index (χ1v) is 12.0. The van der Waals surface area contributed by atoms with Gasteiger partial charge in [0.1, 0.15) is 18.1 Å². The number of aliphatic hydroxyl groups is 1. The van der Waals surface area contributed by atoms with Gasteiger partial charge in [0.25, 0.3) is 0 Å². The third-order valence-electron chi connectivity index (χ3n) is 6.89. The Morgan fingerprint density at radius 2 is 1.97 bits per heavy atom.